The Morgan fingerprint density at radius 3 is 2.26 bits per heavy atom. The van der Waals surface area contributed by atoms with Crippen LogP contribution >= 0.6 is 0 Å². The molecule has 0 bridgehead atoms. The van der Waals surface area contributed by atoms with Crippen LogP contribution in [-0.2, 0) is 4.74 Å². The molecule has 3 heteroatoms. The maximum absolute atomic E-state index is 5.66. The van der Waals surface area contributed by atoms with Crippen molar-refractivity contribution in [1.29, 1.82) is 0 Å². The van der Waals surface area contributed by atoms with E-state index in [0.29, 0.717) is 18.0 Å². The van der Waals surface area contributed by atoms with Gasteiger partial charge in [-0.3, -0.25) is 9.89 Å². The molecule has 2 heterocycles. The van der Waals surface area contributed by atoms with E-state index in [1.807, 2.05) is 0 Å². The van der Waals surface area contributed by atoms with Crippen LogP contribution in [0.15, 0.2) is 65.7 Å². The highest BCUT2D eigenvalue weighted by molar-refractivity contribution is 5.69. The zero-order chi connectivity index (χ0) is 15.5. The molecule has 1 saturated heterocycles. The summed E-state index contributed by atoms with van der Waals surface area (Å²) in [5.74, 6) is 0.307. The largest absolute Gasteiger partial charge is 0.378 e. The summed E-state index contributed by atoms with van der Waals surface area (Å²) < 4.78 is 5.66. The predicted octanol–water partition coefficient (Wildman–Crippen LogP) is 2.97. The summed E-state index contributed by atoms with van der Waals surface area (Å²) in [4.78, 5) is 7.25. The molecule has 2 atom stereocenters. The van der Waals surface area contributed by atoms with E-state index in [-0.39, 0.29) is 0 Å². The molecule has 0 spiro atoms. The van der Waals surface area contributed by atoms with Crippen molar-refractivity contribution in [1.82, 2.24) is 4.90 Å². The monoisotopic (exact) mass is 306 g/mol. The van der Waals surface area contributed by atoms with Crippen molar-refractivity contribution < 1.29 is 4.74 Å². The molecule has 1 fully saturated rings. The average molecular weight is 306 g/mol. The second-order valence-electron chi connectivity index (χ2n) is 6.27. The molecule has 4 rings (SSSR count). The smallest absolute Gasteiger partial charge is 0.0640 e. The Hall–Kier alpha value is -1.97. The van der Waals surface area contributed by atoms with Crippen molar-refractivity contribution in [3.63, 3.8) is 0 Å². The number of hydrogen-bond donors (Lipinski definition) is 0. The van der Waals surface area contributed by atoms with Gasteiger partial charge in [-0.25, -0.2) is 0 Å². The van der Waals surface area contributed by atoms with Crippen LogP contribution in [0.1, 0.15) is 17.0 Å². The van der Waals surface area contributed by atoms with E-state index in [4.69, 9.17) is 4.74 Å². The van der Waals surface area contributed by atoms with Gasteiger partial charge in [-0.1, -0.05) is 60.7 Å². The van der Waals surface area contributed by atoms with Crippen LogP contribution in [-0.4, -0.2) is 49.5 Å². The average Bonchev–Trinajstić information content (AvgIpc) is 2.64. The summed E-state index contributed by atoms with van der Waals surface area (Å²) in [7, 11) is 0. The second kappa shape index (κ2) is 6.65. The van der Waals surface area contributed by atoms with E-state index in [2.05, 4.69) is 76.8 Å². The zero-order valence-electron chi connectivity index (χ0n) is 13.2. The first kappa shape index (κ1) is 14.6. The first-order valence-corrected chi connectivity index (χ1v) is 8.37. The van der Waals surface area contributed by atoms with E-state index in [1.165, 1.54) is 11.1 Å². The predicted molar refractivity (Wildman–Crippen MR) is 93.2 cm³/mol. The highest BCUT2D eigenvalue weighted by atomic mass is 16.5. The van der Waals surface area contributed by atoms with E-state index < -0.39 is 0 Å². The van der Waals surface area contributed by atoms with E-state index >= 15 is 0 Å². The van der Waals surface area contributed by atoms with Crippen molar-refractivity contribution in [2.24, 2.45) is 4.99 Å². The van der Waals surface area contributed by atoms with Crippen molar-refractivity contribution in [3.05, 3.63) is 71.8 Å². The van der Waals surface area contributed by atoms with E-state index in [1.54, 1.807) is 0 Å². The van der Waals surface area contributed by atoms with Crippen LogP contribution in [0, 0.1) is 0 Å². The number of ether oxygens (including phenoxy) is 1. The molecule has 0 radical (unpaired) electrons. The van der Waals surface area contributed by atoms with Gasteiger partial charge in [0.05, 0.1) is 31.8 Å². The lowest BCUT2D eigenvalue weighted by Crippen LogP contribution is -2.56. The number of aliphatic imine (C=N–C) groups is 1. The minimum Gasteiger partial charge on any atom is -0.378 e. The molecule has 23 heavy (non-hydrogen) atoms. The Kier molecular flexibility index (Phi) is 4.22. The molecule has 3 nitrogen and oxygen atoms in total. The van der Waals surface area contributed by atoms with Gasteiger partial charge in [0.15, 0.2) is 0 Å². The lowest BCUT2D eigenvalue weighted by Gasteiger charge is -2.44. The van der Waals surface area contributed by atoms with Crippen LogP contribution in [0.25, 0.3) is 0 Å². The molecule has 0 saturated carbocycles. The molecular formula is C20H22N2O. The molecule has 2 unspecified atom stereocenters. The summed E-state index contributed by atoms with van der Waals surface area (Å²) in [5.41, 5.74) is 2.70. The highest BCUT2D eigenvalue weighted by Gasteiger charge is 2.36. The van der Waals surface area contributed by atoms with Crippen LogP contribution in [0.2, 0.25) is 0 Å². The quantitative estimate of drug-likeness (QED) is 0.871. The number of rotatable bonds is 3. The lowest BCUT2D eigenvalue weighted by molar-refractivity contribution is -0.0182. The van der Waals surface area contributed by atoms with Gasteiger partial charge < -0.3 is 4.74 Å². The first-order valence-electron chi connectivity index (χ1n) is 8.37. The van der Waals surface area contributed by atoms with Gasteiger partial charge in [0.2, 0.25) is 0 Å². The molecule has 2 aromatic rings. The van der Waals surface area contributed by atoms with Gasteiger partial charge in [-0.15, -0.1) is 0 Å². The molecule has 2 aliphatic heterocycles. The third-order valence-electron chi connectivity index (χ3n) is 4.89. The van der Waals surface area contributed by atoms with Crippen LogP contribution < -0.4 is 0 Å². The minimum atomic E-state index is 0.294. The van der Waals surface area contributed by atoms with Crippen LogP contribution in [0.5, 0.6) is 0 Å². The Bertz CT molecular complexity index is 616. The van der Waals surface area contributed by atoms with E-state index in [9.17, 15) is 0 Å². The standard InChI is InChI=1S/C20H22N2O/c1-3-7-16(8-4-1)20(17-9-5-2-6-10-17)19-14-21-13-18-15-23-12-11-22(18)19/h1-10,14,18-20H,11-13,15H2. The fourth-order valence-electron chi connectivity index (χ4n) is 3.78. The molecule has 2 aliphatic rings. The summed E-state index contributed by atoms with van der Waals surface area (Å²) in [6.45, 7) is 3.45. The molecule has 0 aliphatic carbocycles. The summed E-state index contributed by atoms with van der Waals surface area (Å²) in [6, 6.07) is 22.3. The Morgan fingerprint density at radius 2 is 1.61 bits per heavy atom. The maximum Gasteiger partial charge on any atom is 0.0640 e. The van der Waals surface area contributed by atoms with Crippen molar-refractivity contribution >= 4 is 6.21 Å². The second-order valence-corrected chi connectivity index (χ2v) is 6.27. The van der Waals surface area contributed by atoms with Gasteiger partial charge in [0, 0.05) is 18.7 Å². The molecular weight excluding hydrogens is 284 g/mol. The molecule has 118 valence electrons. The number of morpholine rings is 1. The van der Waals surface area contributed by atoms with Crippen LogP contribution in [0.3, 0.4) is 0 Å². The molecule has 0 aromatic heterocycles. The van der Waals surface area contributed by atoms with Gasteiger partial charge in [-0.2, -0.15) is 0 Å². The summed E-state index contributed by atoms with van der Waals surface area (Å²) in [6.07, 6.45) is 2.16. The van der Waals surface area contributed by atoms with E-state index in [0.717, 1.165) is 26.3 Å². The Labute approximate surface area is 137 Å². The third kappa shape index (κ3) is 2.94. The van der Waals surface area contributed by atoms with Gasteiger partial charge in [-0.05, 0) is 11.1 Å². The number of fused-ring (bicyclic) bond motifs is 1. The topological polar surface area (TPSA) is 24.8 Å². The Balaban J connectivity index is 1.76. The molecule has 0 amide bonds. The molecule has 2 aromatic carbocycles. The number of nitrogens with zero attached hydrogens (tertiary/aromatic N) is 2. The van der Waals surface area contributed by atoms with Crippen molar-refractivity contribution in [3.8, 4) is 0 Å². The zero-order valence-corrected chi connectivity index (χ0v) is 13.2. The van der Waals surface area contributed by atoms with Gasteiger partial charge >= 0.3 is 0 Å². The Morgan fingerprint density at radius 1 is 0.957 bits per heavy atom. The summed E-state index contributed by atoms with van der Waals surface area (Å²) in [5, 5.41) is 0. The summed E-state index contributed by atoms with van der Waals surface area (Å²) >= 11 is 0. The first-order chi connectivity index (χ1) is 11.4. The van der Waals surface area contributed by atoms with Gasteiger partial charge in [0.1, 0.15) is 0 Å². The fraction of sp³-hybridized carbons (Fsp3) is 0.350. The number of benzene rings is 2. The van der Waals surface area contributed by atoms with Crippen LogP contribution in [0.4, 0.5) is 0 Å². The highest BCUT2D eigenvalue weighted by Crippen LogP contribution is 2.33. The van der Waals surface area contributed by atoms with Gasteiger partial charge in [0.25, 0.3) is 0 Å². The number of hydrogen-bond acceptors (Lipinski definition) is 3. The van der Waals surface area contributed by atoms with Crippen molar-refractivity contribution in [2.75, 3.05) is 26.3 Å². The lowest BCUT2D eigenvalue weighted by atomic mass is 9.83. The fourth-order valence-corrected chi connectivity index (χ4v) is 3.78. The molecule has 0 N–H and O–H groups in total. The van der Waals surface area contributed by atoms with Crippen molar-refractivity contribution in [2.45, 2.75) is 18.0 Å². The minimum absolute atomic E-state index is 0.294. The SMILES string of the molecule is C1=NCC2COCCN2C1C(c1ccccc1)c1ccccc1. The third-order valence-corrected chi connectivity index (χ3v) is 4.89. The maximum atomic E-state index is 5.66. The normalized spacial score (nSPS) is 24.6.